The number of benzene rings is 1. The number of nitrogens with one attached hydrogen (secondary N) is 1. The predicted molar refractivity (Wildman–Crippen MR) is 79.6 cm³/mol. The molecule has 0 bridgehead atoms. The largest absolute Gasteiger partial charge is 0.469 e. The Kier molecular flexibility index (Phi) is 5.21. The highest BCUT2D eigenvalue weighted by atomic mass is 35.5. The Balaban J connectivity index is 2.16. The van der Waals surface area contributed by atoms with Gasteiger partial charge in [0, 0.05) is 11.6 Å². The number of furan rings is 1. The third-order valence-electron chi connectivity index (χ3n) is 3.22. The van der Waals surface area contributed by atoms with Crippen molar-refractivity contribution in [2.24, 2.45) is 0 Å². The molecular formula is C16H19ClFNO. The molecule has 4 heteroatoms. The molecule has 1 atom stereocenters. The maximum atomic E-state index is 13.2. The first-order chi connectivity index (χ1) is 9.60. The van der Waals surface area contributed by atoms with Gasteiger partial charge in [-0.05, 0) is 50.1 Å². The monoisotopic (exact) mass is 295 g/mol. The molecule has 20 heavy (non-hydrogen) atoms. The van der Waals surface area contributed by atoms with Gasteiger partial charge in [-0.15, -0.1) is 0 Å². The summed E-state index contributed by atoms with van der Waals surface area (Å²) in [6.45, 7) is 4.97. The van der Waals surface area contributed by atoms with Crippen molar-refractivity contribution in [3.63, 3.8) is 0 Å². The van der Waals surface area contributed by atoms with Crippen LogP contribution in [0.25, 0.3) is 0 Å². The minimum absolute atomic E-state index is 0.147. The highest BCUT2D eigenvalue weighted by Crippen LogP contribution is 2.23. The van der Waals surface area contributed by atoms with Crippen LogP contribution in [0.3, 0.4) is 0 Å². The van der Waals surface area contributed by atoms with E-state index in [4.69, 9.17) is 16.0 Å². The molecule has 0 aliphatic carbocycles. The van der Waals surface area contributed by atoms with Crippen molar-refractivity contribution in [1.82, 2.24) is 5.32 Å². The molecule has 1 aromatic carbocycles. The summed E-state index contributed by atoms with van der Waals surface area (Å²) in [6, 6.07) is 7.04. The van der Waals surface area contributed by atoms with Gasteiger partial charge in [0.25, 0.3) is 0 Å². The van der Waals surface area contributed by atoms with Gasteiger partial charge in [-0.2, -0.15) is 0 Å². The van der Waals surface area contributed by atoms with Crippen LogP contribution in [-0.2, 0) is 6.42 Å². The second kappa shape index (κ2) is 6.91. The second-order valence-electron chi connectivity index (χ2n) is 4.95. The molecule has 2 rings (SSSR count). The van der Waals surface area contributed by atoms with Crippen LogP contribution in [0.1, 0.15) is 36.3 Å². The van der Waals surface area contributed by atoms with Gasteiger partial charge >= 0.3 is 0 Å². The molecule has 0 amide bonds. The van der Waals surface area contributed by atoms with Crippen molar-refractivity contribution in [3.05, 3.63) is 58.3 Å². The summed E-state index contributed by atoms with van der Waals surface area (Å²) in [5.74, 6) is 0.507. The normalized spacial score (nSPS) is 12.6. The number of aryl methyl sites for hydroxylation is 1. The predicted octanol–water partition coefficient (Wildman–Crippen LogP) is 4.66. The average molecular weight is 296 g/mol. The lowest BCUT2D eigenvalue weighted by molar-refractivity contribution is 0.503. The van der Waals surface area contributed by atoms with E-state index in [0.29, 0.717) is 0 Å². The Labute approximate surface area is 123 Å². The molecular weight excluding hydrogens is 277 g/mol. The van der Waals surface area contributed by atoms with Crippen molar-refractivity contribution in [2.45, 2.75) is 32.7 Å². The van der Waals surface area contributed by atoms with Gasteiger partial charge in [-0.1, -0.05) is 24.6 Å². The van der Waals surface area contributed by atoms with Gasteiger partial charge in [0.2, 0.25) is 0 Å². The van der Waals surface area contributed by atoms with Crippen LogP contribution < -0.4 is 5.32 Å². The quantitative estimate of drug-likeness (QED) is 0.838. The van der Waals surface area contributed by atoms with Gasteiger partial charge < -0.3 is 9.73 Å². The van der Waals surface area contributed by atoms with Crippen LogP contribution in [-0.4, -0.2) is 6.54 Å². The Hall–Kier alpha value is -1.32. The van der Waals surface area contributed by atoms with E-state index in [9.17, 15) is 4.39 Å². The number of halogens is 2. The van der Waals surface area contributed by atoms with Crippen molar-refractivity contribution >= 4 is 11.6 Å². The van der Waals surface area contributed by atoms with Crippen LogP contribution in [0, 0.1) is 12.7 Å². The lowest BCUT2D eigenvalue weighted by atomic mass is 10.0. The summed E-state index contributed by atoms with van der Waals surface area (Å²) in [5, 5.41) is 3.65. The molecule has 108 valence electrons. The third kappa shape index (κ3) is 3.84. The molecule has 1 heterocycles. The van der Waals surface area contributed by atoms with Crippen LogP contribution in [0.2, 0.25) is 5.02 Å². The summed E-state index contributed by atoms with van der Waals surface area (Å²) < 4.78 is 18.6. The fraction of sp³-hybridized carbons (Fsp3) is 0.375. The maximum Gasteiger partial charge on any atom is 0.141 e. The summed E-state index contributed by atoms with van der Waals surface area (Å²) in [4.78, 5) is 0. The van der Waals surface area contributed by atoms with Gasteiger partial charge in [0.15, 0.2) is 0 Å². The van der Waals surface area contributed by atoms with Gasteiger partial charge in [0.1, 0.15) is 11.6 Å². The average Bonchev–Trinajstić information content (AvgIpc) is 2.85. The topological polar surface area (TPSA) is 25.2 Å². The summed E-state index contributed by atoms with van der Waals surface area (Å²) >= 11 is 5.84. The first-order valence-corrected chi connectivity index (χ1v) is 7.20. The van der Waals surface area contributed by atoms with E-state index in [-0.39, 0.29) is 16.9 Å². The molecule has 2 nitrogen and oxygen atoms in total. The zero-order chi connectivity index (χ0) is 14.5. The smallest absolute Gasteiger partial charge is 0.141 e. The zero-order valence-electron chi connectivity index (χ0n) is 11.7. The number of hydrogen-bond donors (Lipinski definition) is 1. The summed E-state index contributed by atoms with van der Waals surface area (Å²) in [6.07, 6.45) is 3.57. The van der Waals surface area contributed by atoms with Crippen LogP contribution >= 0.6 is 11.6 Å². The third-order valence-corrected chi connectivity index (χ3v) is 3.51. The van der Waals surface area contributed by atoms with Crippen LogP contribution in [0.15, 0.2) is 34.9 Å². The van der Waals surface area contributed by atoms with Crippen molar-refractivity contribution in [2.75, 3.05) is 6.54 Å². The number of hydrogen-bond acceptors (Lipinski definition) is 2. The van der Waals surface area contributed by atoms with Crippen molar-refractivity contribution < 1.29 is 8.81 Å². The highest BCUT2D eigenvalue weighted by molar-refractivity contribution is 6.30. The Morgan fingerprint density at radius 1 is 1.35 bits per heavy atom. The minimum atomic E-state index is -0.382. The standard InChI is InChI=1S/C16H19ClFNO/c1-3-6-19-16(13-7-11(2)20-10-13)9-12-4-5-15(18)14(17)8-12/h4-5,7-8,10,16,19H,3,6,9H2,1-2H3. The molecule has 0 fully saturated rings. The second-order valence-corrected chi connectivity index (χ2v) is 5.36. The van der Waals surface area contributed by atoms with E-state index in [0.717, 1.165) is 36.3 Å². The molecule has 0 spiro atoms. The molecule has 1 N–H and O–H groups in total. The maximum absolute atomic E-state index is 13.2. The van der Waals surface area contributed by atoms with E-state index in [1.807, 2.05) is 13.0 Å². The SMILES string of the molecule is CCCNC(Cc1ccc(F)c(Cl)c1)c1coc(C)c1. The lowest BCUT2D eigenvalue weighted by Gasteiger charge is -2.17. The van der Waals surface area contributed by atoms with E-state index >= 15 is 0 Å². The molecule has 0 aliphatic rings. The highest BCUT2D eigenvalue weighted by Gasteiger charge is 2.14. The van der Waals surface area contributed by atoms with Crippen LogP contribution in [0.5, 0.6) is 0 Å². The molecule has 0 saturated carbocycles. The Morgan fingerprint density at radius 2 is 2.15 bits per heavy atom. The minimum Gasteiger partial charge on any atom is -0.469 e. The van der Waals surface area contributed by atoms with Crippen molar-refractivity contribution in [1.29, 1.82) is 0 Å². The summed E-state index contributed by atoms with van der Waals surface area (Å²) in [7, 11) is 0. The molecule has 2 aromatic rings. The number of rotatable bonds is 6. The Morgan fingerprint density at radius 3 is 2.75 bits per heavy atom. The van der Waals surface area contributed by atoms with E-state index in [1.54, 1.807) is 18.4 Å². The fourth-order valence-electron chi connectivity index (χ4n) is 2.18. The molecule has 0 radical (unpaired) electrons. The first-order valence-electron chi connectivity index (χ1n) is 6.82. The van der Waals surface area contributed by atoms with E-state index in [1.165, 1.54) is 6.07 Å². The fourth-order valence-corrected chi connectivity index (χ4v) is 2.38. The van der Waals surface area contributed by atoms with E-state index in [2.05, 4.69) is 12.2 Å². The molecule has 0 saturated heterocycles. The Bertz CT molecular complexity index is 567. The van der Waals surface area contributed by atoms with Crippen molar-refractivity contribution in [3.8, 4) is 0 Å². The van der Waals surface area contributed by atoms with Crippen LogP contribution in [0.4, 0.5) is 4.39 Å². The van der Waals surface area contributed by atoms with Gasteiger partial charge in [-0.3, -0.25) is 0 Å². The molecule has 1 aromatic heterocycles. The first kappa shape index (κ1) is 15.1. The zero-order valence-corrected chi connectivity index (χ0v) is 12.5. The van der Waals surface area contributed by atoms with Gasteiger partial charge in [-0.25, -0.2) is 4.39 Å². The van der Waals surface area contributed by atoms with E-state index < -0.39 is 0 Å². The summed E-state index contributed by atoms with van der Waals surface area (Å²) in [5.41, 5.74) is 2.11. The van der Waals surface area contributed by atoms with Gasteiger partial charge in [0.05, 0.1) is 11.3 Å². The molecule has 1 unspecified atom stereocenters. The lowest BCUT2D eigenvalue weighted by Crippen LogP contribution is -2.23. The molecule has 0 aliphatic heterocycles.